The van der Waals surface area contributed by atoms with Gasteiger partial charge >= 0.3 is 5.97 Å². The van der Waals surface area contributed by atoms with Gasteiger partial charge in [0.2, 0.25) is 5.91 Å². The molecule has 1 heterocycles. The molecule has 0 aromatic heterocycles. The fraction of sp³-hybridized carbons (Fsp3) is 0.818. The molecule has 0 aromatic rings. The highest BCUT2D eigenvalue weighted by Gasteiger charge is 2.18. The second kappa shape index (κ2) is 9.15. The number of hydrogen-bond acceptors (Lipinski definition) is 4. The van der Waals surface area contributed by atoms with E-state index in [9.17, 15) is 9.59 Å². The molecule has 0 aliphatic carbocycles. The van der Waals surface area contributed by atoms with Gasteiger partial charge in [0.25, 0.3) is 0 Å². The molecule has 0 unspecified atom stereocenters. The summed E-state index contributed by atoms with van der Waals surface area (Å²) in [7, 11) is 1.50. The number of amides is 1. The Morgan fingerprint density at radius 2 is 1.88 bits per heavy atom. The molecule has 2 N–H and O–H groups in total. The van der Waals surface area contributed by atoms with E-state index in [1.165, 1.54) is 7.05 Å². The van der Waals surface area contributed by atoms with E-state index in [0.29, 0.717) is 0 Å². The number of ether oxygens (including phenoxy) is 1. The molecule has 1 aliphatic rings. The lowest BCUT2D eigenvalue weighted by molar-refractivity contribution is -0.152. The van der Waals surface area contributed by atoms with Gasteiger partial charge < -0.3 is 15.4 Å². The molecule has 1 fully saturated rings. The van der Waals surface area contributed by atoms with Gasteiger partial charge in [0.1, 0.15) is 12.5 Å². The molecule has 0 atom stereocenters. The van der Waals surface area contributed by atoms with Crippen LogP contribution in [0, 0.1) is 0 Å². The smallest absolute Gasteiger partial charge is 0.315 e. The Hall–Kier alpha value is -1.10. The second-order valence-electron chi connectivity index (χ2n) is 3.29. The van der Waals surface area contributed by atoms with Gasteiger partial charge in [-0.2, -0.15) is 0 Å². The Kier molecular flexibility index (Phi) is 8.52. The van der Waals surface area contributed by atoms with Crippen molar-refractivity contribution in [2.24, 2.45) is 0 Å². The topological polar surface area (TPSA) is 67.4 Å². The van der Waals surface area contributed by atoms with E-state index in [1.807, 2.05) is 13.8 Å². The number of piperidine rings is 1. The zero-order valence-corrected chi connectivity index (χ0v) is 10.3. The maximum absolute atomic E-state index is 11.2. The van der Waals surface area contributed by atoms with E-state index in [2.05, 4.69) is 10.6 Å². The lowest BCUT2D eigenvalue weighted by Gasteiger charge is -2.22. The maximum Gasteiger partial charge on any atom is 0.315 e. The predicted octanol–water partition coefficient (Wildman–Crippen LogP) is 0.444. The molecule has 94 valence electrons. The molecule has 1 saturated heterocycles. The molecule has 5 heteroatoms. The average Bonchev–Trinajstić information content (AvgIpc) is 2.32. The first-order chi connectivity index (χ1) is 7.72. The van der Waals surface area contributed by atoms with Crippen molar-refractivity contribution in [1.29, 1.82) is 0 Å². The van der Waals surface area contributed by atoms with E-state index in [0.717, 1.165) is 25.9 Å². The van der Waals surface area contributed by atoms with Crippen LogP contribution in [0.4, 0.5) is 0 Å². The van der Waals surface area contributed by atoms with Crippen LogP contribution >= 0.6 is 0 Å². The molecule has 1 aliphatic heterocycles. The molecule has 0 saturated carbocycles. The molecule has 1 rings (SSSR count). The van der Waals surface area contributed by atoms with Gasteiger partial charge in [0.05, 0.1) is 0 Å². The fourth-order valence-electron chi connectivity index (χ4n) is 1.36. The highest BCUT2D eigenvalue weighted by atomic mass is 16.5. The van der Waals surface area contributed by atoms with Crippen molar-refractivity contribution in [2.75, 3.05) is 20.1 Å². The number of rotatable bonds is 3. The summed E-state index contributed by atoms with van der Waals surface area (Å²) < 4.78 is 5.12. The molecule has 0 aromatic carbocycles. The van der Waals surface area contributed by atoms with Gasteiger partial charge in [0.15, 0.2) is 0 Å². The first-order valence-electron chi connectivity index (χ1n) is 5.83. The van der Waals surface area contributed by atoms with Crippen LogP contribution in [0.5, 0.6) is 0 Å². The van der Waals surface area contributed by atoms with E-state index in [1.54, 1.807) is 0 Å². The summed E-state index contributed by atoms with van der Waals surface area (Å²) in [4.78, 5) is 22.0. The van der Waals surface area contributed by atoms with Crippen LogP contribution in [0.2, 0.25) is 0 Å². The highest BCUT2D eigenvalue weighted by Crippen LogP contribution is 2.07. The van der Waals surface area contributed by atoms with Crippen molar-refractivity contribution < 1.29 is 14.3 Å². The van der Waals surface area contributed by atoms with Crippen molar-refractivity contribution in [2.45, 2.75) is 39.2 Å². The summed E-state index contributed by atoms with van der Waals surface area (Å²) in [5.74, 6) is -0.736. The predicted molar refractivity (Wildman–Crippen MR) is 62.0 cm³/mol. The normalized spacial score (nSPS) is 15.7. The number of carbonyl (C=O) groups excluding carboxylic acids is 2. The van der Waals surface area contributed by atoms with Crippen molar-refractivity contribution in [3.63, 3.8) is 0 Å². The molecule has 5 nitrogen and oxygen atoms in total. The largest absolute Gasteiger partial charge is 0.462 e. The van der Waals surface area contributed by atoms with E-state index < -0.39 is 5.97 Å². The van der Waals surface area contributed by atoms with Crippen molar-refractivity contribution >= 4 is 11.9 Å². The van der Waals surface area contributed by atoms with Gasteiger partial charge in [-0.3, -0.25) is 9.59 Å². The molecular formula is C11H22N2O3. The summed E-state index contributed by atoms with van der Waals surface area (Å²) in [6.07, 6.45) is 1.47. The van der Waals surface area contributed by atoms with Gasteiger partial charge in [0, 0.05) is 7.05 Å². The third kappa shape index (κ3) is 6.40. The molecule has 16 heavy (non-hydrogen) atoms. The van der Waals surface area contributed by atoms with Crippen molar-refractivity contribution in [3.05, 3.63) is 0 Å². The molecule has 0 radical (unpaired) electrons. The maximum atomic E-state index is 11.2. The third-order valence-electron chi connectivity index (χ3n) is 2.17. The number of hydrogen-bond donors (Lipinski definition) is 2. The second-order valence-corrected chi connectivity index (χ2v) is 3.29. The Morgan fingerprint density at radius 3 is 2.38 bits per heavy atom. The van der Waals surface area contributed by atoms with Crippen LogP contribution in [-0.4, -0.2) is 38.1 Å². The first-order valence-corrected chi connectivity index (χ1v) is 5.83. The minimum Gasteiger partial charge on any atom is -0.462 e. The van der Waals surface area contributed by atoms with Crippen LogP contribution in [-0.2, 0) is 14.3 Å². The summed E-state index contributed by atoms with van der Waals surface area (Å²) in [5.41, 5.74) is 0. The Balaban J connectivity index is 0.00000106. The number of esters is 1. The number of carbonyl (C=O) groups is 2. The monoisotopic (exact) mass is 230 g/mol. The van der Waals surface area contributed by atoms with E-state index >= 15 is 0 Å². The van der Waals surface area contributed by atoms with Crippen LogP contribution in [0.3, 0.4) is 0 Å². The summed E-state index contributed by atoms with van der Waals surface area (Å²) in [6, 6.07) is 0. The zero-order valence-electron chi connectivity index (χ0n) is 10.3. The molecule has 0 bridgehead atoms. The summed E-state index contributed by atoms with van der Waals surface area (Å²) in [5, 5.41) is 5.55. The van der Waals surface area contributed by atoms with Crippen LogP contribution in [0.25, 0.3) is 0 Å². The average molecular weight is 230 g/mol. The zero-order chi connectivity index (χ0) is 12.4. The molecule has 1 amide bonds. The van der Waals surface area contributed by atoms with Gasteiger partial charge in [-0.25, -0.2) is 0 Å². The van der Waals surface area contributed by atoms with Crippen molar-refractivity contribution in [3.8, 4) is 0 Å². The standard InChI is InChI=1S/C9H16N2O3.C2H6/c1-10-8(12)6-9(13)14-7-2-4-11-5-3-7;1-2/h7,11H,2-6H2,1H3,(H,10,12);1-2H3. The van der Waals surface area contributed by atoms with Crippen LogP contribution in [0.15, 0.2) is 0 Å². The quantitative estimate of drug-likeness (QED) is 0.545. The molecular weight excluding hydrogens is 208 g/mol. The Bertz CT molecular complexity index is 213. The lowest BCUT2D eigenvalue weighted by atomic mass is 10.1. The van der Waals surface area contributed by atoms with Crippen molar-refractivity contribution in [1.82, 2.24) is 10.6 Å². The highest BCUT2D eigenvalue weighted by molar-refractivity contribution is 5.94. The third-order valence-corrected chi connectivity index (χ3v) is 2.17. The molecule has 0 spiro atoms. The first kappa shape index (κ1) is 14.9. The summed E-state index contributed by atoms with van der Waals surface area (Å²) >= 11 is 0. The minimum atomic E-state index is -0.434. The van der Waals surface area contributed by atoms with E-state index in [4.69, 9.17) is 4.74 Å². The lowest BCUT2D eigenvalue weighted by Crippen LogP contribution is -2.34. The van der Waals surface area contributed by atoms with Crippen LogP contribution < -0.4 is 10.6 Å². The van der Waals surface area contributed by atoms with Gasteiger partial charge in [-0.1, -0.05) is 13.8 Å². The fourth-order valence-corrected chi connectivity index (χ4v) is 1.36. The number of nitrogens with one attached hydrogen (secondary N) is 2. The Morgan fingerprint density at radius 1 is 1.31 bits per heavy atom. The van der Waals surface area contributed by atoms with Gasteiger partial charge in [-0.05, 0) is 25.9 Å². The van der Waals surface area contributed by atoms with Crippen LogP contribution in [0.1, 0.15) is 33.1 Å². The summed E-state index contributed by atoms with van der Waals surface area (Å²) in [6.45, 7) is 5.75. The minimum absolute atomic E-state index is 0.0200. The van der Waals surface area contributed by atoms with E-state index in [-0.39, 0.29) is 18.4 Å². The SMILES string of the molecule is CC.CNC(=O)CC(=O)OC1CCNCC1. The Labute approximate surface area is 96.9 Å². The van der Waals surface area contributed by atoms with Gasteiger partial charge in [-0.15, -0.1) is 0 Å².